The fourth-order valence-electron chi connectivity index (χ4n) is 2.36. The molecule has 5 heteroatoms. The maximum atomic E-state index is 12.6. The third-order valence-corrected chi connectivity index (χ3v) is 3.35. The molecule has 2 N–H and O–H groups in total. The lowest BCUT2D eigenvalue weighted by molar-refractivity contribution is -0.120. The second-order valence-electron chi connectivity index (χ2n) is 4.69. The number of carbonyl (C=O) groups excluding carboxylic acids is 1. The summed E-state index contributed by atoms with van der Waals surface area (Å²) in [5.41, 5.74) is 6.45. The topological polar surface area (TPSA) is 78.0 Å². The van der Waals surface area contributed by atoms with Crippen LogP contribution in [0.4, 0.5) is 0 Å². The number of nitrogens with two attached hydrogens (primary N) is 1. The van der Waals surface area contributed by atoms with Gasteiger partial charge in [-0.15, -0.1) is 0 Å². The van der Waals surface area contributed by atoms with E-state index in [0.717, 1.165) is 0 Å². The minimum absolute atomic E-state index is 0.284. The normalized spacial score (nSPS) is 12.2. The molecular weight excluding hydrogens is 266 g/mol. The van der Waals surface area contributed by atoms with Crippen molar-refractivity contribution in [3.8, 4) is 0 Å². The standard InChI is InChI=1S/C16H13N3O2/c17-15(20)14(11-6-2-1-3-7-11)19-10-18-13-9-5-4-8-12(13)16(19)21/h1-10,14H,(H2,17,20)/t14-/m0/s1. The third-order valence-electron chi connectivity index (χ3n) is 3.35. The fraction of sp³-hybridized carbons (Fsp3) is 0.0625. The second-order valence-corrected chi connectivity index (χ2v) is 4.69. The maximum Gasteiger partial charge on any atom is 0.262 e. The molecule has 1 heterocycles. The summed E-state index contributed by atoms with van der Waals surface area (Å²) in [6, 6.07) is 15.1. The van der Waals surface area contributed by atoms with Gasteiger partial charge in [-0.25, -0.2) is 4.98 Å². The van der Waals surface area contributed by atoms with Gasteiger partial charge in [-0.2, -0.15) is 0 Å². The Morgan fingerprint density at radius 3 is 2.43 bits per heavy atom. The summed E-state index contributed by atoms with van der Waals surface area (Å²) in [6.07, 6.45) is 1.37. The van der Waals surface area contributed by atoms with Crippen molar-refractivity contribution < 1.29 is 4.79 Å². The average Bonchev–Trinajstić information content (AvgIpc) is 2.51. The van der Waals surface area contributed by atoms with Crippen LogP contribution in [0.1, 0.15) is 11.6 Å². The van der Waals surface area contributed by atoms with Gasteiger partial charge in [0.2, 0.25) is 5.91 Å². The molecular formula is C16H13N3O2. The van der Waals surface area contributed by atoms with Crippen molar-refractivity contribution in [2.75, 3.05) is 0 Å². The molecule has 3 aromatic rings. The van der Waals surface area contributed by atoms with Crippen LogP contribution in [-0.2, 0) is 4.79 Å². The van der Waals surface area contributed by atoms with E-state index in [4.69, 9.17) is 5.73 Å². The zero-order valence-corrected chi connectivity index (χ0v) is 11.1. The number of para-hydroxylation sites is 1. The van der Waals surface area contributed by atoms with Crippen LogP contribution in [0.15, 0.2) is 65.7 Å². The van der Waals surface area contributed by atoms with Crippen LogP contribution in [0.2, 0.25) is 0 Å². The van der Waals surface area contributed by atoms with Crippen molar-refractivity contribution in [3.05, 3.63) is 76.8 Å². The minimum Gasteiger partial charge on any atom is -0.368 e. The largest absolute Gasteiger partial charge is 0.368 e. The number of amides is 1. The van der Waals surface area contributed by atoms with E-state index >= 15 is 0 Å². The van der Waals surface area contributed by atoms with Gasteiger partial charge in [-0.05, 0) is 17.7 Å². The molecule has 0 saturated carbocycles. The molecule has 104 valence electrons. The molecule has 1 atom stereocenters. The van der Waals surface area contributed by atoms with Crippen molar-refractivity contribution >= 4 is 16.8 Å². The first kappa shape index (κ1) is 13.1. The van der Waals surface area contributed by atoms with Crippen molar-refractivity contribution in [1.29, 1.82) is 0 Å². The van der Waals surface area contributed by atoms with Crippen LogP contribution in [0.5, 0.6) is 0 Å². The summed E-state index contributed by atoms with van der Waals surface area (Å²) in [6.45, 7) is 0. The summed E-state index contributed by atoms with van der Waals surface area (Å²) in [4.78, 5) is 28.6. The molecule has 5 nitrogen and oxygen atoms in total. The Bertz CT molecular complexity index is 856. The van der Waals surface area contributed by atoms with Crippen LogP contribution >= 0.6 is 0 Å². The smallest absolute Gasteiger partial charge is 0.262 e. The molecule has 1 amide bonds. The number of nitrogens with zero attached hydrogens (tertiary/aromatic N) is 2. The quantitative estimate of drug-likeness (QED) is 0.788. The Hall–Kier alpha value is -2.95. The van der Waals surface area contributed by atoms with Gasteiger partial charge in [0.15, 0.2) is 0 Å². The molecule has 0 saturated heterocycles. The first-order valence-corrected chi connectivity index (χ1v) is 6.48. The van der Waals surface area contributed by atoms with E-state index in [1.165, 1.54) is 10.9 Å². The predicted molar refractivity (Wildman–Crippen MR) is 79.8 cm³/mol. The molecule has 0 aliphatic rings. The lowest BCUT2D eigenvalue weighted by Crippen LogP contribution is -2.34. The molecule has 1 aromatic heterocycles. The SMILES string of the molecule is NC(=O)[C@H](c1ccccc1)n1cnc2ccccc2c1=O. The molecule has 0 bridgehead atoms. The Kier molecular flexibility index (Phi) is 3.23. The van der Waals surface area contributed by atoms with Crippen LogP contribution < -0.4 is 11.3 Å². The van der Waals surface area contributed by atoms with Gasteiger partial charge in [-0.3, -0.25) is 14.2 Å². The number of hydrogen-bond acceptors (Lipinski definition) is 3. The van der Waals surface area contributed by atoms with E-state index in [-0.39, 0.29) is 5.56 Å². The molecule has 0 aliphatic heterocycles. The first-order chi connectivity index (χ1) is 10.2. The Morgan fingerprint density at radius 2 is 1.71 bits per heavy atom. The zero-order valence-electron chi connectivity index (χ0n) is 11.1. The highest BCUT2D eigenvalue weighted by atomic mass is 16.2. The summed E-state index contributed by atoms with van der Waals surface area (Å²) in [5.74, 6) is -0.597. The monoisotopic (exact) mass is 279 g/mol. The highest BCUT2D eigenvalue weighted by Gasteiger charge is 2.21. The molecule has 0 spiro atoms. The van der Waals surface area contributed by atoms with Crippen LogP contribution in [0, 0.1) is 0 Å². The molecule has 0 radical (unpaired) electrons. The van der Waals surface area contributed by atoms with E-state index in [0.29, 0.717) is 16.5 Å². The van der Waals surface area contributed by atoms with Crippen LogP contribution in [0.3, 0.4) is 0 Å². The number of carbonyl (C=O) groups is 1. The van der Waals surface area contributed by atoms with Crippen LogP contribution in [-0.4, -0.2) is 15.5 Å². The third kappa shape index (κ3) is 2.29. The average molecular weight is 279 g/mol. The van der Waals surface area contributed by atoms with E-state index in [9.17, 15) is 9.59 Å². The van der Waals surface area contributed by atoms with Gasteiger partial charge < -0.3 is 5.73 Å². The van der Waals surface area contributed by atoms with Gasteiger partial charge in [0.1, 0.15) is 6.04 Å². The van der Waals surface area contributed by atoms with E-state index in [2.05, 4.69) is 4.98 Å². The Balaban J connectivity index is 2.24. The summed E-state index contributed by atoms with van der Waals surface area (Å²) >= 11 is 0. The number of primary amides is 1. The van der Waals surface area contributed by atoms with Crippen LogP contribution in [0.25, 0.3) is 10.9 Å². The van der Waals surface area contributed by atoms with E-state index in [1.54, 1.807) is 42.5 Å². The number of aromatic nitrogens is 2. The predicted octanol–water partition coefficient (Wildman–Crippen LogP) is 1.47. The van der Waals surface area contributed by atoms with Crippen molar-refractivity contribution in [1.82, 2.24) is 9.55 Å². The van der Waals surface area contributed by atoms with E-state index < -0.39 is 11.9 Å². The summed E-state index contributed by atoms with van der Waals surface area (Å²) in [5, 5.41) is 0.460. The molecule has 0 fully saturated rings. The number of fused-ring (bicyclic) bond motifs is 1. The number of hydrogen-bond donors (Lipinski definition) is 1. The fourth-order valence-corrected chi connectivity index (χ4v) is 2.36. The Labute approximate surface area is 120 Å². The van der Waals surface area contributed by atoms with Gasteiger partial charge in [-0.1, -0.05) is 42.5 Å². The first-order valence-electron chi connectivity index (χ1n) is 6.48. The number of rotatable bonds is 3. The Morgan fingerprint density at radius 1 is 1.05 bits per heavy atom. The van der Waals surface area contributed by atoms with Crippen molar-refractivity contribution in [2.45, 2.75) is 6.04 Å². The molecule has 2 aromatic carbocycles. The summed E-state index contributed by atoms with van der Waals surface area (Å²) < 4.78 is 1.28. The highest BCUT2D eigenvalue weighted by Crippen LogP contribution is 2.17. The lowest BCUT2D eigenvalue weighted by atomic mass is 10.1. The zero-order chi connectivity index (χ0) is 14.8. The lowest BCUT2D eigenvalue weighted by Gasteiger charge is -2.17. The van der Waals surface area contributed by atoms with Crippen molar-refractivity contribution in [2.24, 2.45) is 5.73 Å². The molecule has 3 rings (SSSR count). The molecule has 0 aliphatic carbocycles. The van der Waals surface area contributed by atoms with Crippen molar-refractivity contribution in [3.63, 3.8) is 0 Å². The van der Waals surface area contributed by atoms with Gasteiger partial charge in [0.25, 0.3) is 5.56 Å². The molecule has 21 heavy (non-hydrogen) atoms. The maximum absolute atomic E-state index is 12.6. The minimum atomic E-state index is -0.865. The van der Waals surface area contributed by atoms with Gasteiger partial charge >= 0.3 is 0 Å². The number of benzene rings is 2. The second kappa shape index (κ2) is 5.20. The van der Waals surface area contributed by atoms with Gasteiger partial charge in [0.05, 0.1) is 17.2 Å². The van der Waals surface area contributed by atoms with E-state index in [1.807, 2.05) is 12.1 Å². The molecule has 0 unspecified atom stereocenters. The summed E-state index contributed by atoms with van der Waals surface area (Å²) in [7, 11) is 0. The highest BCUT2D eigenvalue weighted by molar-refractivity contribution is 5.83. The van der Waals surface area contributed by atoms with Gasteiger partial charge in [0, 0.05) is 0 Å².